The largest absolute Gasteiger partial charge is 0.337 e. The van der Waals surface area contributed by atoms with E-state index in [2.05, 4.69) is 10.4 Å². The van der Waals surface area contributed by atoms with E-state index in [9.17, 15) is 4.39 Å². The van der Waals surface area contributed by atoms with Crippen LogP contribution >= 0.6 is 11.6 Å². The van der Waals surface area contributed by atoms with Crippen LogP contribution in [-0.4, -0.2) is 19.7 Å². The third-order valence-corrected chi connectivity index (χ3v) is 4.49. The molecule has 0 fully saturated rings. The van der Waals surface area contributed by atoms with Gasteiger partial charge in [0.15, 0.2) is 11.6 Å². The zero-order valence-electron chi connectivity index (χ0n) is 15.1. The van der Waals surface area contributed by atoms with Gasteiger partial charge >= 0.3 is 0 Å². The molecule has 0 bridgehead atoms. The summed E-state index contributed by atoms with van der Waals surface area (Å²) < 4.78 is 15.2. The maximum absolute atomic E-state index is 13.4. The van der Waals surface area contributed by atoms with Crippen molar-refractivity contribution in [2.24, 2.45) is 0 Å². The Morgan fingerprint density at radius 3 is 2.48 bits per heavy atom. The van der Waals surface area contributed by atoms with Crippen molar-refractivity contribution in [3.05, 3.63) is 70.3 Å². The van der Waals surface area contributed by atoms with Crippen LogP contribution in [-0.2, 0) is 0 Å². The van der Waals surface area contributed by atoms with Crippen molar-refractivity contribution in [2.75, 3.05) is 5.32 Å². The molecule has 136 valence electrons. The van der Waals surface area contributed by atoms with Gasteiger partial charge in [-0.3, -0.25) is 0 Å². The number of nitrogens with one attached hydrogen (secondary N) is 1. The molecule has 2 heterocycles. The predicted molar refractivity (Wildman–Crippen MR) is 106 cm³/mol. The van der Waals surface area contributed by atoms with E-state index in [0.29, 0.717) is 27.7 Å². The summed E-state index contributed by atoms with van der Waals surface area (Å²) in [5.74, 6) is 0.806. The van der Waals surface area contributed by atoms with Crippen LogP contribution in [0.1, 0.15) is 17.0 Å². The van der Waals surface area contributed by atoms with Gasteiger partial charge in [-0.15, -0.1) is 0 Å². The lowest BCUT2D eigenvalue weighted by atomic mass is 10.2. The lowest BCUT2D eigenvalue weighted by molar-refractivity contribution is 0.627. The molecule has 4 aromatic rings. The van der Waals surface area contributed by atoms with Crippen molar-refractivity contribution >= 4 is 34.1 Å². The van der Waals surface area contributed by atoms with Crippen LogP contribution < -0.4 is 5.32 Å². The smallest absolute Gasteiger partial charge is 0.197 e. The number of halogens is 2. The molecule has 4 rings (SSSR count). The third-order valence-electron chi connectivity index (χ3n) is 4.26. The van der Waals surface area contributed by atoms with Crippen LogP contribution in [0, 0.1) is 26.6 Å². The number of hydrogen-bond acceptors (Lipinski definition) is 4. The van der Waals surface area contributed by atoms with E-state index >= 15 is 0 Å². The number of aryl methyl sites for hydroxylation is 3. The molecule has 0 radical (unpaired) electrons. The third kappa shape index (κ3) is 3.36. The zero-order valence-corrected chi connectivity index (χ0v) is 15.8. The van der Waals surface area contributed by atoms with E-state index in [4.69, 9.17) is 21.6 Å². The molecule has 0 unspecified atom stereocenters. The molecular formula is C20H17ClFN5. The van der Waals surface area contributed by atoms with Crippen molar-refractivity contribution in [2.45, 2.75) is 20.8 Å². The van der Waals surface area contributed by atoms with Crippen LogP contribution in [0.2, 0.25) is 5.02 Å². The molecule has 0 amide bonds. The Hall–Kier alpha value is -2.99. The Bertz CT molecular complexity index is 1170. The summed E-state index contributed by atoms with van der Waals surface area (Å²) in [4.78, 5) is 9.46. The number of anilines is 2. The van der Waals surface area contributed by atoms with Crippen molar-refractivity contribution < 1.29 is 4.39 Å². The van der Waals surface area contributed by atoms with Gasteiger partial charge in [-0.25, -0.2) is 19.0 Å². The van der Waals surface area contributed by atoms with Gasteiger partial charge in [0, 0.05) is 16.4 Å². The SMILES string of the molecule is Cc1cc(C)n(-c2nc3cc(Cl)ccc3nc2Nc2ccc(F)cc2C)n1. The quantitative estimate of drug-likeness (QED) is 0.524. The predicted octanol–water partition coefficient (Wildman–Crippen LogP) is 5.28. The Balaban J connectivity index is 1.92. The molecule has 7 heteroatoms. The zero-order chi connectivity index (χ0) is 19.1. The van der Waals surface area contributed by atoms with Gasteiger partial charge in [-0.05, 0) is 68.8 Å². The van der Waals surface area contributed by atoms with Crippen molar-refractivity contribution in [1.29, 1.82) is 0 Å². The minimum atomic E-state index is -0.281. The molecule has 0 saturated heterocycles. The number of aromatic nitrogens is 4. The molecule has 5 nitrogen and oxygen atoms in total. The minimum Gasteiger partial charge on any atom is -0.337 e. The lowest BCUT2D eigenvalue weighted by Gasteiger charge is -2.14. The highest BCUT2D eigenvalue weighted by Crippen LogP contribution is 2.28. The second-order valence-corrected chi connectivity index (χ2v) is 6.89. The summed E-state index contributed by atoms with van der Waals surface area (Å²) in [6.45, 7) is 5.71. The highest BCUT2D eigenvalue weighted by Gasteiger charge is 2.15. The van der Waals surface area contributed by atoms with E-state index < -0.39 is 0 Å². The van der Waals surface area contributed by atoms with Gasteiger partial charge in [0.25, 0.3) is 0 Å². The molecule has 1 N–H and O–H groups in total. The monoisotopic (exact) mass is 381 g/mol. The van der Waals surface area contributed by atoms with Crippen molar-refractivity contribution in [3.8, 4) is 5.82 Å². The summed E-state index contributed by atoms with van der Waals surface area (Å²) >= 11 is 6.12. The maximum Gasteiger partial charge on any atom is 0.197 e. The maximum atomic E-state index is 13.4. The number of fused-ring (bicyclic) bond motifs is 1. The average molecular weight is 382 g/mol. The van der Waals surface area contributed by atoms with Crippen LogP contribution in [0.15, 0.2) is 42.5 Å². The number of rotatable bonds is 3. The first kappa shape index (κ1) is 17.4. The normalized spacial score (nSPS) is 11.1. The van der Waals surface area contributed by atoms with Crippen LogP contribution in [0.25, 0.3) is 16.9 Å². The topological polar surface area (TPSA) is 55.6 Å². The van der Waals surface area contributed by atoms with Gasteiger partial charge in [-0.2, -0.15) is 5.10 Å². The van der Waals surface area contributed by atoms with Crippen LogP contribution in [0.5, 0.6) is 0 Å². The Kier molecular flexibility index (Phi) is 4.28. The van der Waals surface area contributed by atoms with Gasteiger partial charge in [0.05, 0.1) is 16.7 Å². The van der Waals surface area contributed by atoms with Gasteiger partial charge in [0.2, 0.25) is 0 Å². The number of hydrogen-bond donors (Lipinski definition) is 1. The second kappa shape index (κ2) is 6.63. The Labute approximate surface area is 160 Å². The average Bonchev–Trinajstić information content (AvgIpc) is 2.95. The van der Waals surface area contributed by atoms with E-state index in [0.717, 1.165) is 22.6 Å². The molecule has 0 aliphatic carbocycles. The van der Waals surface area contributed by atoms with Crippen molar-refractivity contribution in [1.82, 2.24) is 19.7 Å². The molecule has 2 aromatic heterocycles. The minimum absolute atomic E-state index is 0.281. The first-order chi connectivity index (χ1) is 12.9. The molecule has 0 saturated carbocycles. The van der Waals surface area contributed by atoms with E-state index in [1.807, 2.05) is 32.9 Å². The standard InChI is InChI=1S/C20H17ClFN5/c1-11-8-15(22)5-7-16(11)23-19-20(27-13(3)9-12(2)26-27)25-18-10-14(21)4-6-17(18)24-19/h4-10H,1-3H3,(H,23,24). The molecule has 0 spiro atoms. The number of benzene rings is 2. The van der Waals surface area contributed by atoms with Gasteiger partial charge in [0.1, 0.15) is 5.82 Å². The summed E-state index contributed by atoms with van der Waals surface area (Å²) in [6.07, 6.45) is 0. The van der Waals surface area contributed by atoms with E-state index in [-0.39, 0.29) is 5.82 Å². The molecule has 0 atom stereocenters. The fraction of sp³-hybridized carbons (Fsp3) is 0.150. The Morgan fingerprint density at radius 2 is 1.78 bits per heavy atom. The van der Waals surface area contributed by atoms with Crippen LogP contribution in [0.3, 0.4) is 0 Å². The second-order valence-electron chi connectivity index (χ2n) is 6.45. The van der Waals surface area contributed by atoms with Crippen molar-refractivity contribution in [3.63, 3.8) is 0 Å². The summed E-state index contributed by atoms with van der Waals surface area (Å²) in [5, 5.41) is 8.39. The van der Waals surface area contributed by atoms with Crippen LogP contribution in [0.4, 0.5) is 15.9 Å². The molecule has 2 aromatic carbocycles. The molecule has 27 heavy (non-hydrogen) atoms. The summed E-state index contributed by atoms with van der Waals surface area (Å²) in [6, 6.07) is 11.9. The first-order valence-electron chi connectivity index (χ1n) is 8.45. The molecule has 0 aliphatic rings. The highest BCUT2D eigenvalue weighted by molar-refractivity contribution is 6.31. The summed E-state index contributed by atoms with van der Waals surface area (Å²) in [5.41, 5.74) is 4.71. The Morgan fingerprint density at radius 1 is 0.963 bits per heavy atom. The molecule has 0 aliphatic heterocycles. The fourth-order valence-electron chi connectivity index (χ4n) is 2.99. The van der Waals surface area contributed by atoms with E-state index in [1.165, 1.54) is 12.1 Å². The first-order valence-corrected chi connectivity index (χ1v) is 8.82. The lowest BCUT2D eigenvalue weighted by Crippen LogP contribution is -2.09. The number of nitrogens with zero attached hydrogens (tertiary/aromatic N) is 4. The molecular weight excluding hydrogens is 365 g/mol. The fourth-order valence-corrected chi connectivity index (χ4v) is 3.15. The van der Waals surface area contributed by atoms with Gasteiger partial charge < -0.3 is 5.32 Å². The van der Waals surface area contributed by atoms with Gasteiger partial charge in [-0.1, -0.05) is 11.6 Å². The summed E-state index contributed by atoms with van der Waals surface area (Å²) in [7, 11) is 0. The van der Waals surface area contributed by atoms with E-state index in [1.54, 1.807) is 22.9 Å². The highest BCUT2D eigenvalue weighted by atomic mass is 35.5.